The molecule has 13 heteroatoms. The average molecular weight is 420 g/mol. The van der Waals surface area contributed by atoms with E-state index in [0.29, 0.717) is 10.6 Å². The molecular weight excluding hydrogens is 396 g/mol. The highest BCUT2D eigenvalue weighted by Gasteiger charge is 2.48. The SMILES string of the molecule is CC1=C[C@@H](C(=O)NCCNC(=O)OC(C)(C)C)N2C[C@@H]1N(OS(=O)(=O)O)C2=O. The van der Waals surface area contributed by atoms with E-state index in [2.05, 4.69) is 14.9 Å². The van der Waals surface area contributed by atoms with E-state index >= 15 is 0 Å². The van der Waals surface area contributed by atoms with Crippen LogP contribution in [0.4, 0.5) is 9.59 Å². The van der Waals surface area contributed by atoms with Crippen molar-refractivity contribution in [2.75, 3.05) is 19.6 Å². The summed E-state index contributed by atoms with van der Waals surface area (Å²) in [6.07, 6.45) is 0.890. The van der Waals surface area contributed by atoms with Crippen molar-refractivity contribution in [3.05, 3.63) is 11.6 Å². The molecule has 4 amide bonds. The number of ether oxygens (including phenoxy) is 1. The van der Waals surface area contributed by atoms with E-state index in [1.165, 1.54) is 6.08 Å². The Labute approximate surface area is 162 Å². The highest BCUT2D eigenvalue weighted by molar-refractivity contribution is 7.80. The van der Waals surface area contributed by atoms with Gasteiger partial charge in [-0.05, 0) is 33.3 Å². The standard InChI is InChI=1S/C15H24N4O8S/c1-9-7-10(12(20)16-5-6-17-13(21)26-15(2,3)4)18-8-11(9)19(14(18)22)27-28(23,24)25/h7,10-11H,5-6,8H2,1-4H3,(H,16,20)(H,17,21)(H,23,24,25)/t10-,11-/m0/s1. The van der Waals surface area contributed by atoms with Crippen LogP contribution in [-0.4, -0.2) is 78.3 Å². The third kappa shape index (κ3) is 5.56. The van der Waals surface area contributed by atoms with E-state index in [0.717, 1.165) is 4.90 Å². The molecule has 12 nitrogen and oxygen atoms in total. The minimum absolute atomic E-state index is 0.0327. The van der Waals surface area contributed by atoms with Crippen LogP contribution in [0.5, 0.6) is 0 Å². The molecule has 1 saturated heterocycles. The van der Waals surface area contributed by atoms with Gasteiger partial charge < -0.3 is 20.3 Å². The van der Waals surface area contributed by atoms with Gasteiger partial charge in [-0.15, -0.1) is 4.28 Å². The van der Waals surface area contributed by atoms with Crippen molar-refractivity contribution in [1.82, 2.24) is 20.6 Å². The van der Waals surface area contributed by atoms with E-state index in [1.807, 2.05) is 0 Å². The van der Waals surface area contributed by atoms with Crippen molar-refractivity contribution in [3.8, 4) is 0 Å². The van der Waals surface area contributed by atoms with Gasteiger partial charge in [0.2, 0.25) is 5.91 Å². The molecule has 0 aromatic heterocycles. The van der Waals surface area contributed by atoms with Gasteiger partial charge in [-0.2, -0.15) is 13.5 Å². The number of urea groups is 1. The van der Waals surface area contributed by atoms with Crippen molar-refractivity contribution in [2.45, 2.75) is 45.4 Å². The van der Waals surface area contributed by atoms with Gasteiger partial charge in [0.25, 0.3) is 0 Å². The molecule has 0 aromatic carbocycles. The van der Waals surface area contributed by atoms with Crippen LogP contribution in [0, 0.1) is 0 Å². The lowest BCUT2D eigenvalue weighted by Gasteiger charge is -2.27. The van der Waals surface area contributed by atoms with Gasteiger partial charge in [0.1, 0.15) is 17.7 Å². The first-order valence-electron chi connectivity index (χ1n) is 8.48. The monoisotopic (exact) mass is 420 g/mol. The van der Waals surface area contributed by atoms with Crippen LogP contribution >= 0.6 is 0 Å². The first kappa shape index (κ1) is 21.9. The maximum absolute atomic E-state index is 12.4. The minimum Gasteiger partial charge on any atom is -0.444 e. The number of alkyl carbamates (subject to hydrolysis) is 1. The lowest BCUT2D eigenvalue weighted by molar-refractivity contribution is -0.124. The molecule has 0 radical (unpaired) electrons. The summed E-state index contributed by atoms with van der Waals surface area (Å²) < 4.78 is 40.1. The second-order valence-electron chi connectivity index (χ2n) is 7.35. The molecule has 1 fully saturated rings. The van der Waals surface area contributed by atoms with Crippen LogP contribution in [0.3, 0.4) is 0 Å². The Hall–Kier alpha value is -2.38. The molecule has 2 rings (SSSR count). The molecule has 28 heavy (non-hydrogen) atoms. The summed E-state index contributed by atoms with van der Waals surface area (Å²) in [5.41, 5.74) is -0.0989. The first-order chi connectivity index (χ1) is 12.8. The molecular formula is C15H24N4O8S. The fourth-order valence-electron chi connectivity index (χ4n) is 2.78. The number of amides is 4. The van der Waals surface area contributed by atoms with E-state index in [-0.39, 0.29) is 19.6 Å². The molecule has 2 aliphatic heterocycles. The highest BCUT2D eigenvalue weighted by Crippen LogP contribution is 2.30. The summed E-state index contributed by atoms with van der Waals surface area (Å²) in [6, 6.07) is -2.56. The van der Waals surface area contributed by atoms with Crippen molar-refractivity contribution in [1.29, 1.82) is 0 Å². The van der Waals surface area contributed by atoms with Gasteiger partial charge in [-0.25, -0.2) is 9.59 Å². The third-order valence-corrected chi connectivity index (χ3v) is 4.25. The topological polar surface area (TPSA) is 155 Å². The van der Waals surface area contributed by atoms with Gasteiger partial charge >= 0.3 is 22.5 Å². The van der Waals surface area contributed by atoms with Crippen molar-refractivity contribution in [2.24, 2.45) is 0 Å². The smallest absolute Gasteiger partial charge is 0.418 e. The normalized spacial score (nSPS) is 22.0. The lowest BCUT2D eigenvalue weighted by atomic mass is 10.0. The molecule has 2 aliphatic rings. The number of hydrogen-bond acceptors (Lipinski definition) is 7. The number of nitrogens with zero attached hydrogens (tertiary/aromatic N) is 2. The van der Waals surface area contributed by atoms with Crippen molar-refractivity contribution < 1.29 is 36.4 Å². The predicted octanol–water partition coefficient (Wildman–Crippen LogP) is -0.204. The van der Waals surface area contributed by atoms with Gasteiger partial charge in [-0.3, -0.25) is 9.35 Å². The molecule has 0 unspecified atom stereocenters. The van der Waals surface area contributed by atoms with Gasteiger partial charge in [-0.1, -0.05) is 6.08 Å². The average Bonchev–Trinajstić information content (AvgIpc) is 2.78. The van der Waals surface area contributed by atoms with Gasteiger partial charge in [0.05, 0.1) is 6.54 Å². The molecule has 0 spiro atoms. The number of fused-ring (bicyclic) bond motifs is 2. The molecule has 0 saturated carbocycles. The molecule has 2 bridgehead atoms. The Morgan fingerprint density at radius 1 is 1.29 bits per heavy atom. The van der Waals surface area contributed by atoms with E-state index in [4.69, 9.17) is 9.29 Å². The van der Waals surface area contributed by atoms with Crippen molar-refractivity contribution in [3.63, 3.8) is 0 Å². The van der Waals surface area contributed by atoms with Crippen LogP contribution < -0.4 is 10.6 Å². The summed E-state index contributed by atoms with van der Waals surface area (Å²) >= 11 is 0. The summed E-state index contributed by atoms with van der Waals surface area (Å²) in [5, 5.41) is 5.60. The van der Waals surface area contributed by atoms with Crippen molar-refractivity contribution >= 4 is 28.4 Å². The zero-order valence-corrected chi connectivity index (χ0v) is 16.8. The third-order valence-electron chi connectivity index (χ3n) is 3.90. The summed E-state index contributed by atoms with van der Waals surface area (Å²) in [7, 11) is -4.88. The maximum Gasteiger partial charge on any atom is 0.418 e. The Kier molecular flexibility index (Phi) is 6.21. The van der Waals surface area contributed by atoms with E-state index in [1.54, 1.807) is 27.7 Å². The molecule has 158 valence electrons. The van der Waals surface area contributed by atoms with Crippen LogP contribution in [0.2, 0.25) is 0 Å². The molecule has 0 aliphatic carbocycles. The largest absolute Gasteiger partial charge is 0.444 e. The zero-order chi connectivity index (χ0) is 21.3. The number of carbonyl (C=O) groups excluding carboxylic acids is 3. The minimum atomic E-state index is -4.88. The molecule has 2 heterocycles. The van der Waals surface area contributed by atoms with Gasteiger partial charge in [0.15, 0.2) is 0 Å². The highest BCUT2D eigenvalue weighted by atomic mass is 32.3. The summed E-state index contributed by atoms with van der Waals surface area (Å²) in [4.78, 5) is 37.4. The Balaban J connectivity index is 1.90. The molecule has 3 N–H and O–H groups in total. The number of hydrogen-bond donors (Lipinski definition) is 3. The molecule has 2 atom stereocenters. The van der Waals surface area contributed by atoms with Crippen LogP contribution in [0.25, 0.3) is 0 Å². The Bertz CT molecular complexity index is 788. The molecule has 0 aromatic rings. The van der Waals surface area contributed by atoms with Gasteiger partial charge in [0, 0.05) is 13.1 Å². The fourth-order valence-corrected chi connectivity index (χ4v) is 3.15. The lowest BCUT2D eigenvalue weighted by Crippen LogP contribution is -2.49. The van der Waals surface area contributed by atoms with E-state index < -0.39 is 46.1 Å². The number of carbonyl (C=O) groups is 3. The first-order valence-corrected chi connectivity index (χ1v) is 9.85. The Morgan fingerprint density at radius 3 is 2.46 bits per heavy atom. The fraction of sp³-hybridized carbons (Fsp3) is 0.667. The second kappa shape index (κ2) is 7.93. The zero-order valence-electron chi connectivity index (χ0n) is 16.0. The van der Waals surface area contributed by atoms with Crippen LogP contribution in [-0.2, 0) is 24.2 Å². The van der Waals surface area contributed by atoms with Crippen LogP contribution in [0.15, 0.2) is 11.6 Å². The second-order valence-corrected chi connectivity index (χ2v) is 8.36. The Morgan fingerprint density at radius 2 is 1.89 bits per heavy atom. The number of rotatable bonds is 6. The maximum atomic E-state index is 12.4. The van der Waals surface area contributed by atoms with E-state index in [9.17, 15) is 22.8 Å². The number of nitrogens with one attached hydrogen (secondary N) is 2. The van der Waals surface area contributed by atoms with Crippen LogP contribution in [0.1, 0.15) is 27.7 Å². The summed E-state index contributed by atoms with van der Waals surface area (Å²) in [6.45, 7) is 7.03. The quantitative estimate of drug-likeness (QED) is 0.303. The number of hydroxylamine groups is 2. The predicted molar refractivity (Wildman–Crippen MR) is 95.2 cm³/mol. The summed E-state index contributed by atoms with van der Waals surface area (Å²) in [5.74, 6) is -0.508.